The van der Waals surface area contributed by atoms with Gasteiger partial charge >= 0.3 is 12.2 Å². The van der Waals surface area contributed by atoms with E-state index in [-0.39, 0.29) is 23.1 Å². The first-order chi connectivity index (χ1) is 18.6. The summed E-state index contributed by atoms with van der Waals surface area (Å²) in [5.74, 6) is -0.964. The summed E-state index contributed by atoms with van der Waals surface area (Å²) in [7, 11) is 0. The highest BCUT2D eigenvalue weighted by Crippen LogP contribution is 2.43. The Hall–Kier alpha value is -3.64. The molecule has 0 aliphatic carbocycles. The third-order valence-corrected chi connectivity index (χ3v) is 7.21. The average Bonchev–Trinajstić information content (AvgIpc) is 3.52. The number of nitrogens with one attached hydrogen (secondary N) is 2. The fraction of sp³-hybridized carbons (Fsp3) is 0.296. The Labute approximate surface area is 237 Å². The van der Waals surface area contributed by atoms with Gasteiger partial charge in [0.1, 0.15) is 17.4 Å². The highest BCUT2D eigenvalue weighted by Gasteiger charge is 2.37. The Kier molecular flexibility index (Phi) is 9.47. The minimum Gasteiger partial charge on any atom is -0.508 e. The summed E-state index contributed by atoms with van der Waals surface area (Å²) in [5.41, 5.74) is 0.670. The molecule has 0 saturated carbocycles. The molecule has 0 unspecified atom stereocenters. The molecule has 0 fully saturated rings. The van der Waals surface area contributed by atoms with E-state index in [0.717, 1.165) is 17.3 Å². The summed E-state index contributed by atoms with van der Waals surface area (Å²) in [6.45, 7) is 9.02. The molecule has 13 heteroatoms. The second-order valence-electron chi connectivity index (χ2n) is 9.44. The van der Waals surface area contributed by atoms with Gasteiger partial charge in [-0.25, -0.2) is 14.2 Å². The van der Waals surface area contributed by atoms with Crippen molar-refractivity contribution in [2.24, 2.45) is 0 Å². The maximum Gasteiger partial charge on any atom is 0.436 e. The zero-order valence-electron chi connectivity index (χ0n) is 22.2. The quantitative estimate of drug-likeness (QED) is 0.199. The number of rotatable bonds is 5. The van der Waals surface area contributed by atoms with Gasteiger partial charge in [0.15, 0.2) is 15.9 Å². The van der Waals surface area contributed by atoms with Crippen molar-refractivity contribution < 1.29 is 32.0 Å². The highest BCUT2D eigenvalue weighted by atomic mass is 35.5. The number of hydrogen-bond donors (Lipinski definition) is 3. The van der Waals surface area contributed by atoms with Crippen LogP contribution in [0.1, 0.15) is 49.6 Å². The molecule has 0 saturated heterocycles. The van der Waals surface area contributed by atoms with E-state index in [1.165, 1.54) is 11.3 Å². The molecular formula is C27H27ClF4N4O3S. The lowest BCUT2D eigenvalue weighted by Crippen LogP contribution is -2.20. The van der Waals surface area contributed by atoms with Crippen LogP contribution in [-0.2, 0) is 11.6 Å². The predicted molar refractivity (Wildman–Crippen MR) is 148 cm³/mol. The van der Waals surface area contributed by atoms with Gasteiger partial charge < -0.3 is 14.9 Å². The van der Waals surface area contributed by atoms with E-state index in [0.29, 0.717) is 33.9 Å². The summed E-state index contributed by atoms with van der Waals surface area (Å²) in [5, 5.41) is 19.9. The first-order valence-corrected chi connectivity index (χ1v) is 13.2. The van der Waals surface area contributed by atoms with Gasteiger partial charge in [0.05, 0.1) is 5.56 Å². The number of hydrogen-bond acceptors (Lipinski definition) is 6. The van der Waals surface area contributed by atoms with Gasteiger partial charge in [-0.1, -0.05) is 55.7 Å². The molecule has 0 aliphatic rings. The number of thiazole rings is 1. The fourth-order valence-electron chi connectivity index (χ4n) is 3.82. The number of alkyl halides is 3. The number of aromatic hydroxyl groups is 1. The summed E-state index contributed by atoms with van der Waals surface area (Å²) in [6.07, 6.45) is -4.09. The third kappa shape index (κ3) is 7.30. The number of para-hydroxylation sites is 1. The number of carbonyl (C=O) groups is 1. The number of phenolic OH excluding ortho intramolecular Hbond substituents is 1. The molecule has 2 amide bonds. The number of aryl methyl sites for hydroxylation is 1. The zero-order chi connectivity index (χ0) is 29.8. The summed E-state index contributed by atoms with van der Waals surface area (Å²) >= 11 is 6.93. The number of aromatic nitrogens is 2. The molecule has 3 N–H and O–H groups in total. The van der Waals surface area contributed by atoms with E-state index in [2.05, 4.69) is 20.8 Å². The zero-order valence-corrected chi connectivity index (χ0v) is 23.8. The predicted octanol–water partition coefficient (Wildman–Crippen LogP) is 8.95. The Bertz CT molecular complexity index is 1500. The van der Waals surface area contributed by atoms with E-state index >= 15 is 0 Å². The lowest BCUT2D eigenvalue weighted by molar-refractivity contribution is -0.142. The second-order valence-corrected chi connectivity index (χ2v) is 10.9. The first-order valence-electron chi connectivity index (χ1n) is 12.0. The molecule has 214 valence electrons. The lowest BCUT2D eigenvalue weighted by atomic mass is 9.76. The average molecular weight is 599 g/mol. The lowest BCUT2D eigenvalue weighted by Gasteiger charge is -2.28. The van der Waals surface area contributed by atoms with Crippen LogP contribution in [0.15, 0.2) is 46.3 Å². The molecule has 4 rings (SSSR count). The largest absolute Gasteiger partial charge is 0.508 e. The van der Waals surface area contributed by atoms with Crippen LogP contribution in [0.4, 0.5) is 33.9 Å². The highest BCUT2D eigenvalue weighted by molar-refractivity contribution is 7.14. The topological polar surface area (TPSA) is 100 Å². The monoisotopic (exact) mass is 598 g/mol. The molecule has 0 radical (unpaired) electrons. The number of halogens is 5. The number of amides is 2. The van der Waals surface area contributed by atoms with Gasteiger partial charge in [-0.05, 0) is 48.4 Å². The van der Waals surface area contributed by atoms with Crippen molar-refractivity contribution in [3.8, 4) is 17.1 Å². The third-order valence-electron chi connectivity index (χ3n) is 6.23. The van der Waals surface area contributed by atoms with Crippen LogP contribution in [0.2, 0.25) is 4.47 Å². The van der Waals surface area contributed by atoms with Gasteiger partial charge in [0.25, 0.3) is 0 Å². The first kappa shape index (κ1) is 30.9. The molecule has 40 heavy (non-hydrogen) atoms. The van der Waals surface area contributed by atoms with Crippen molar-refractivity contribution in [2.75, 3.05) is 10.6 Å². The molecule has 0 aliphatic heterocycles. The van der Waals surface area contributed by atoms with Crippen molar-refractivity contribution >= 4 is 40.5 Å². The Morgan fingerprint density at radius 3 is 2.38 bits per heavy atom. The maximum absolute atomic E-state index is 14.4. The van der Waals surface area contributed by atoms with Gasteiger partial charge in [-0.3, -0.25) is 5.32 Å². The Morgan fingerprint density at radius 1 is 1.15 bits per heavy atom. The van der Waals surface area contributed by atoms with Crippen LogP contribution < -0.4 is 10.6 Å². The number of anilines is 2. The SMILES string of the molecule is CCC(C)(C)c1c(C)c(O)cc(F)c1-c1cc(C(F)(F)F)no1.Cc1ccccc1NC(=O)Nc1csc(Cl)n1. The molecule has 0 atom stereocenters. The van der Waals surface area contributed by atoms with Gasteiger partial charge in [-0.15, -0.1) is 11.3 Å². The van der Waals surface area contributed by atoms with Gasteiger partial charge in [-0.2, -0.15) is 13.2 Å². The molecule has 2 aromatic carbocycles. The van der Waals surface area contributed by atoms with Crippen LogP contribution in [0.3, 0.4) is 0 Å². The molecule has 7 nitrogen and oxygen atoms in total. The molecule has 2 heterocycles. The Morgan fingerprint density at radius 2 is 1.82 bits per heavy atom. The minimum atomic E-state index is -4.68. The normalized spacial score (nSPS) is 11.6. The van der Waals surface area contributed by atoms with Crippen LogP contribution in [-0.4, -0.2) is 21.3 Å². The van der Waals surface area contributed by atoms with E-state index < -0.39 is 23.1 Å². The van der Waals surface area contributed by atoms with E-state index in [1.807, 2.05) is 52.0 Å². The summed E-state index contributed by atoms with van der Waals surface area (Å²) < 4.78 is 57.7. The smallest absolute Gasteiger partial charge is 0.436 e. The molecule has 2 aromatic heterocycles. The molecule has 0 bridgehead atoms. The van der Waals surface area contributed by atoms with E-state index in [1.54, 1.807) is 12.3 Å². The van der Waals surface area contributed by atoms with E-state index in [9.17, 15) is 27.5 Å². The van der Waals surface area contributed by atoms with Crippen molar-refractivity contribution in [2.45, 2.75) is 52.6 Å². The van der Waals surface area contributed by atoms with Crippen LogP contribution >= 0.6 is 22.9 Å². The minimum absolute atomic E-state index is 0.102. The number of phenols is 1. The van der Waals surface area contributed by atoms with Crippen LogP contribution in [0, 0.1) is 19.7 Å². The van der Waals surface area contributed by atoms with Gasteiger partial charge in [0.2, 0.25) is 0 Å². The number of nitrogens with zero attached hydrogens (tertiary/aromatic N) is 2. The second kappa shape index (κ2) is 12.3. The number of urea groups is 1. The number of benzene rings is 2. The van der Waals surface area contributed by atoms with Crippen molar-refractivity contribution in [3.63, 3.8) is 0 Å². The van der Waals surface area contributed by atoms with Crippen molar-refractivity contribution in [3.05, 3.63) is 74.4 Å². The Balaban J connectivity index is 0.000000230. The standard InChI is InChI=1S/C16H17F4NO2.C11H10ClN3OS/c1-5-15(3,4)14-8(2)10(22)6-9(17)13(14)11-7-12(21-23-11)16(18,19)20;1-7-4-2-3-5-8(7)13-11(16)15-9-6-17-10(12)14-9/h6-7,22H,5H2,1-4H3;2-6H,1H3,(H2,13,15,16). The molecular weight excluding hydrogens is 572 g/mol. The van der Waals surface area contributed by atoms with Crippen molar-refractivity contribution in [1.29, 1.82) is 0 Å². The fourth-order valence-corrected chi connectivity index (χ4v) is 4.51. The summed E-state index contributed by atoms with van der Waals surface area (Å²) in [6, 6.07) is 8.75. The van der Waals surface area contributed by atoms with Gasteiger partial charge in [0, 0.05) is 23.2 Å². The number of carbonyl (C=O) groups excluding carboxylic acids is 1. The van der Waals surface area contributed by atoms with Crippen LogP contribution in [0.5, 0.6) is 5.75 Å². The molecule has 0 spiro atoms. The van der Waals surface area contributed by atoms with Crippen molar-refractivity contribution in [1.82, 2.24) is 10.1 Å². The van der Waals surface area contributed by atoms with Crippen LogP contribution in [0.25, 0.3) is 11.3 Å². The summed E-state index contributed by atoms with van der Waals surface area (Å²) in [4.78, 5) is 15.6. The van der Waals surface area contributed by atoms with E-state index in [4.69, 9.17) is 16.1 Å². The maximum atomic E-state index is 14.4. The molecule has 4 aromatic rings.